The third-order valence-electron chi connectivity index (χ3n) is 3.95. The first-order valence-corrected chi connectivity index (χ1v) is 8.41. The second-order valence-corrected chi connectivity index (χ2v) is 5.69. The molecular weight excluding hydrogens is 334 g/mol. The molecule has 1 amide bonds. The third-order valence-corrected chi connectivity index (χ3v) is 3.95. The van der Waals surface area contributed by atoms with Crippen LogP contribution in [0.15, 0.2) is 48.5 Å². The number of ether oxygens (including phenoxy) is 2. The Kier molecular flexibility index (Phi) is 7.02. The number of nitrogens with one attached hydrogen (secondary N) is 1. The van der Waals surface area contributed by atoms with E-state index >= 15 is 0 Å². The number of amides is 1. The molecule has 2 N–H and O–H groups in total. The van der Waals surface area contributed by atoms with Crippen LogP contribution in [0.1, 0.15) is 22.8 Å². The Labute approximate surface area is 152 Å². The molecule has 2 aromatic rings. The maximum absolute atomic E-state index is 12.4. The number of hydrogen-bond acceptors (Lipinski definition) is 4. The highest BCUT2D eigenvalue weighted by molar-refractivity contribution is 5.97. The highest BCUT2D eigenvalue weighted by atomic mass is 16.5. The first-order valence-electron chi connectivity index (χ1n) is 8.41. The van der Waals surface area contributed by atoms with Gasteiger partial charge in [0.25, 0.3) is 5.91 Å². The van der Waals surface area contributed by atoms with Crippen molar-refractivity contribution in [3.8, 4) is 11.5 Å². The van der Waals surface area contributed by atoms with Crippen molar-refractivity contribution in [2.75, 3.05) is 20.3 Å². The van der Waals surface area contributed by atoms with Crippen molar-refractivity contribution in [2.24, 2.45) is 5.92 Å². The fourth-order valence-corrected chi connectivity index (χ4v) is 2.63. The Hall–Kier alpha value is -3.02. The summed E-state index contributed by atoms with van der Waals surface area (Å²) in [5, 5.41) is 12.2. The van der Waals surface area contributed by atoms with Gasteiger partial charge in [-0.1, -0.05) is 30.3 Å². The van der Waals surface area contributed by atoms with Gasteiger partial charge in [0.1, 0.15) is 11.5 Å². The van der Waals surface area contributed by atoms with Gasteiger partial charge in [0.05, 0.1) is 25.2 Å². The summed E-state index contributed by atoms with van der Waals surface area (Å²) in [5.41, 5.74) is 1.17. The maximum Gasteiger partial charge on any atom is 0.308 e. The van der Waals surface area contributed by atoms with E-state index in [1.54, 1.807) is 37.4 Å². The molecule has 0 radical (unpaired) electrons. The molecule has 138 valence electrons. The standard InChI is InChI=1S/C20H23NO5/c1-3-26-18-11-7-5-9-16(18)19(22)21-13-15(20(23)24)12-14-8-4-6-10-17(14)25-2/h4-11,15H,3,12-13H2,1-2H3,(H,21,22)(H,23,24). The van der Waals surface area contributed by atoms with Gasteiger partial charge in [-0.25, -0.2) is 0 Å². The molecule has 0 spiro atoms. The largest absolute Gasteiger partial charge is 0.496 e. The fraction of sp³-hybridized carbons (Fsp3) is 0.300. The Balaban J connectivity index is 2.07. The molecule has 0 aliphatic rings. The minimum Gasteiger partial charge on any atom is -0.496 e. The molecule has 0 saturated carbocycles. The van der Waals surface area contributed by atoms with Crippen LogP contribution < -0.4 is 14.8 Å². The molecule has 0 saturated heterocycles. The zero-order valence-corrected chi connectivity index (χ0v) is 14.9. The first kappa shape index (κ1) is 19.3. The van der Waals surface area contributed by atoms with Crippen molar-refractivity contribution in [1.82, 2.24) is 5.32 Å². The minimum atomic E-state index is -0.978. The molecule has 2 aromatic carbocycles. The van der Waals surface area contributed by atoms with Gasteiger partial charge in [0.2, 0.25) is 0 Å². The van der Waals surface area contributed by atoms with Crippen molar-refractivity contribution in [3.63, 3.8) is 0 Å². The molecule has 6 nitrogen and oxygen atoms in total. The van der Waals surface area contributed by atoms with E-state index < -0.39 is 11.9 Å². The van der Waals surface area contributed by atoms with E-state index in [0.717, 1.165) is 5.56 Å². The van der Waals surface area contributed by atoms with E-state index in [9.17, 15) is 14.7 Å². The number of rotatable bonds is 9. The van der Waals surface area contributed by atoms with E-state index in [2.05, 4.69) is 5.32 Å². The van der Waals surface area contributed by atoms with Crippen molar-refractivity contribution >= 4 is 11.9 Å². The number of benzene rings is 2. The van der Waals surface area contributed by atoms with Crippen molar-refractivity contribution in [3.05, 3.63) is 59.7 Å². The molecule has 0 aliphatic carbocycles. The lowest BCUT2D eigenvalue weighted by Crippen LogP contribution is -2.34. The lowest BCUT2D eigenvalue weighted by atomic mass is 9.98. The van der Waals surface area contributed by atoms with Crippen LogP contribution in [0, 0.1) is 5.92 Å². The average Bonchev–Trinajstić information content (AvgIpc) is 2.65. The number of aliphatic carboxylic acids is 1. The van der Waals surface area contributed by atoms with Gasteiger partial charge in [-0.05, 0) is 37.1 Å². The van der Waals surface area contributed by atoms with Crippen LogP contribution in [0.2, 0.25) is 0 Å². The van der Waals surface area contributed by atoms with Crippen LogP contribution in [0.5, 0.6) is 11.5 Å². The summed E-state index contributed by atoms with van der Waals surface area (Å²) >= 11 is 0. The molecule has 2 rings (SSSR count). The summed E-state index contributed by atoms with van der Waals surface area (Å²) in [7, 11) is 1.54. The molecule has 0 fully saturated rings. The Morgan fingerprint density at radius 1 is 1.08 bits per heavy atom. The zero-order chi connectivity index (χ0) is 18.9. The maximum atomic E-state index is 12.4. The number of para-hydroxylation sites is 2. The minimum absolute atomic E-state index is 0.00662. The van der Waals surface area contributed by atoms with Gasteiger partial charge in [-0.2, -0.15) is 0 Å². The van der Waals surface area contributed by atoms with E-state index in [1.165, 1.54) is 0 Å². The van der Waals surface area contributed by atoms with Crippen molar-refractivity contribution < 1.29 is 24.2 Å². The smallest absolute Gasteiger partial charge is 0.308 e. The lowest BCUT2D eigenvalue weighted by molar-refractivity contribution is -0.141. The SMILES string of the molecule is CCOc1ccccc1C(=O)NCC(Cc1ccccc1OC)C(=O)O. The molecule has 6 heteroatoms. The highest BCUT2D eigenvalue weighted by Crippen LogP contribution is 2.21. The lowest BCUT2D eigenvalue weighted by Gasteiger charge is -2.16. The van der Waals surface area contributed by atoms with E-state index in [0.29, 0.717) is 23.7 Å². The van der Waals surface area contributed by atoms with Gasteiger partial charge in [0, 0.05) is 6.54 Å². The average molecular weight is 357 g/mol. The monoisotopic (exact) mass is 357 g/mol. The Morgan fingerprint density at radius 2 is 1.73 bits per heavy atom. The van der Waals surface area contributed by atoms with E-state index in [1.807, 2.05) is 25.1 Å². The number of carboxylic acids is 1. The predicted octanol–water partition coefficient (Wildman–Crippen LogP) is 2.77. The molecule has 1 atom stereocenters. The van der Waals surface area contributed by atoms with Crippen molar-refractivity contribution in [1.29, 1.82) is 0 Å². The number of carbonyl (C=O) groups is 2. The van der Waals surface area contributed by atoms with Gasteiger partial charge in [0.15, 0.2) is 0 Å². The van der Waals surface area contributed by atoms with E-state index in [-0.39, 0.29) is 18.9 Å². The normalized spacial score (nSPS) is 11.5. The number of carboxylic acid groups (broad SMARTS) is 1. The molecule has 1 unspecified atom stereocenters. The van der Waals surface area contributed by atoms with E-state index in [4.69, 9.17) is 9.47 Å². The second kappa shape index (κ2) is 9.46. The van der Waals surface area contributed by atoms with Crippen LogP contribution in [0.4, 0.5) is 0 Å². The Bertz CT molecular complexity index is 759. The van der Waals surface area contributed by atoms with Gasteiger partial charge >= 0.3 is 5.97 Å². The van der Waals surface area contributed by atoms with Crippen molar-refractivity contribution in [2.45, 2.75) is 13.3 Å². The topological polar surface area (TPSA) is 84.9 Å². The molecule has 0 aromatic heterocycles. The third kappa shape index (κ3) is 4.99. The van der Waals surface area contributed by atoms with Crippen LogP contribution >= 0.6 is 0 Å². The van der Waals surface area contributed by atoms with Gasteiger partial charge in [-0.3, -0.25) is 9.59 Å². The molecule has 0 bridgehead atoms. The summed E-state index contributed by atoms with van der Waals surface area (Å²) in [6, 6.07) is 14.1. The summed E-state index contributed by atoms with van der Waals surface area (Å²) in [6.45, 7) is 2.28. The highest BCUT2D eigenvalue weighted by Gasteiger charge is 2.21. The summed E-state index contributed by atoms with van der Waals surface area (Å²) in [6.07, 6.45) is 0.257. The van der Waals surface area contributed by atoms with Crippen LogP contribution in [0.3, 0.4) is 0 Å². The molecular formula is C20H23NO5. The summed E-state index contributed by atoms with van der Waals surface area (Å²) in [5.74, 6) is -1.000. The first-order chi connectivity index (χ1) is 12.6. The van der Waals surface area contributed by atoms with Crippen LogP contribution in [-0.2, 0) is 11.2 Å². The number of methoxy groups -OCH3 is 1. The number of carbonyl (C=O) groups excluding carboxylic acids is 1. The second-order valence-electron chi connectivity index (χ2n) is 5.69. The summed E-state index contributed by atoms with van der Waals surface area (Å²) < 4.78 is 10.7. The molecule has 26 heavy (non-hydrogen) atoms. The molecule has 0 aliphatic heterocycles. The van der Waals surface area contributed by atoms with Crippen LogP contribution in [-0.4, -0.2) is 37.2 Å². The Morgan fingerprint density at radius 3 is 2.38 bits per heavy atom. The summed E-state index contributed by atoms with van der Waals surface area (Å²) in [4.78, 5) is 24.0. The van der Waals surface area contributed by atoms with Crippen LogP contribution in [0.25, 0.3) is 0 Å². The quantitative estimate of drug-likeness (QED) is 0.721. The van der Waals surface area contributed by atoms with Gasteiger partial charge < -0.3 is 19.9 Å². The number of hydrogen-bond donors (Lipinski definition) is 2. The zero-order valence-electron chi connectivity index (χ0n) is 14.9. The predicted molar refractivity (Wildman–Crippen MR) is 97.8 cm³/mol. The molecule has 0 heterocycles. The fourth-order valence-electron chi connectivity index (χ4n) is 2.63. The van der Waals surface area contributed by atoms with Gasteiger partial charge in [-0.15, -0.1) is 0 Å².